The first-order chi connectivity index (χ1) is 18.8. The van der Waals surface area contributed by atoms with Crippen molar-refractivity contribution < 1.29 is 14.5 Å². The summed E-state index contributed by atoms with van der Waals surface area (Å²) in [4.78, 5) is 41.9. The number of aryl methyl sites for hydroxylation is 1. The van der Waals surface area contributed by atoms with Crippen molar-refractivity contribution in [1.82, 2.24) is 9.66 Å². The molecule has 206 valence electrons. The monoisotopic (exact) mass is 625 g/mol. The van der Waals surface area contributed by atoms with Crippen molar-refractivity contribution in [2.45, 2.75) is 33.1 Å². The van der Waals surface area contributed by atoms with Gasteiger partial charge in [0.05, 0.1) is 22.0 Å². The summed E-state index contributed by atoms with van der Waals surface area (Å²) in [6, 6.07) is 14.9. The van der Waals surface area contributed by atoms with Crippen LogP contribution in [0.4, 0.5) is 11.4 Å². The molecular formula is C28H25BrClN5O5. The van der Waals surface area contributed by atoms with E-state index in [1.807, 2.05) is 39.8 Å². The van der Waals surface area contributed by atoms with E-state index in [-0.39, 0.29) is 16.3 Å². The van der Waals surface area contributed by atoms with Gasteiger partial charge in [0.25, 0.3) is 11.5 Å². The van der Waals surface area contributed by atoms with Crippen LogP contribution in [-0.2, 0) is 10.2 Å². The quantitative estimate of drug-likeness (QED) is 0.147. The second-order valence-corrected chi connectivity index (χ2v) is 11.3. The van der Waals surface area contributed by atoms with Gasteiger partial charge in [0.2, 0.25) is 5.75 Å². The first-order valence-electron chi connectivity index (χ1n) is 12.1. The fourth-order valence-corrected chi connectivity index (χ4v) is 4.47. The summed E-state index contributed by atoms with van der Waals surface area (Å²) in [5.74, 6) is -0.364. The molecule has 1 heterocycles. The average molecular weight is 627 g/mol. The zero-order valence-electron chi connectivity index (χ0n) is 22.1. The molecule has 3 aromatic carbocycles. The van der Waals surface area contributed by atoms with Crippen molar-refractivity contribution in [2.24, 2.45) is 5.10 Å². The number of hydrogen-bond acceptors (Lipinski definition) is 7. The van der Waals surface area contributed by atoms with Crippen molar-refractivity contribution in [3.8, 4) is 5.75 Å². The third-order valence-electron chi connectivity index (χ3n) is 5.82. The molecule has 4 aromatic rings. The average Bonchev–Trinajstić information content (AvgIpc) is 2.88. The van der Waals surface area contributed by atoms with Crippen LogP contribution in [0, 0.1) is 17.0 Å². The van der Waals surface area contributed by atoms with Crippen LogP contribution in [0.25, 0.3) is 10.9 Å². The molecule has 4 rings (SSSR count). The Bertz CT molecular complexity index is 1730. The van der Waals surface area contributed by atoms with Gasteiger partial charge in [-0.1, -0.05) is 66.5 Å². The number of halogens is 2. The molecular weight excluding hydrogens is 602 g/mol. The highest BCUT2D eigenvalue weighted by Gasteiger charge is 2.24. The number of para-hydroxylation sites is 1. The molecule has 10 nitrogen and oxygen atoms in total. The number of hydrogen-bond donors (Lipinski definition) is 1. The number of aromatic nitrogens is 2. The maximum absolute atomic E-state index is 13.5. The number of benzene rings is 3. The summed E-state index contributed by atoms with van der Waals surface area (Å²) >= 11 is 9.55. The molecule has 0 unspecified atom stereocenters. The normalized spacial score (nSPS) is 11.7. The Hall–Kier alpha value is -4.09. The predicted octanol–water partition coefficient (Wildman–Crippen LogP) is 6.23. The van der Waals surface area contributed by atoms with Crippen LogP contribution in [0.5, 0.6) is 5.75 Å². The number of fused-ring (bicyclic) bond motifs is 1. The number of carbonyl (C=O) groups is 1. The number of anilines is 1. The van der Waals surface area contributed by atoms with E-state index >= 15 is 0 Å². The van der Waals surface area contributed by atoms with Crippen molar-refractivity contribution in [3.63, 3.8) is 0 Å². The second-order valence-electron chi connectivity index (χ2n) is 9.96. The number of rotatable bonds is 7. The number of ether oxygens (including phenoxy) is 1. The van der Waals surface area contributed by atoms with Gasteiger partial charge < -0.3 is 10.1 Å². The second kappa shape index (κ2) is 11.6. The molecule has 0 aliphatic carbocycles. The number of nitro benzene ring substituents is 1. The van der Waals surface area contributed by atoms with Crippen LogP contribution >= 0.6 is 27.5 Å². The molecule has 0 aliphatic rings. The van der Waals surface area contributed by atoms with E-state index in [1.54, 1.807) is 30.3 Å². The number of nitrogens with zero attached hydrogens (tertiary/aromatic N) is 4. The van der Waals surface area contributed by atoms with E-state index < -0.39 is 34.1 Å². The minimum atomic E-state index is -0.667. The molecule has 1 N–H and O–H groups in total. The number of nitro groups is 1. The number of amides is 1. The molecule has 0 saturated carbocycles. The van der Waals surface area contributed by atoms with Crippen LogP contribution < -0.4 is 15.6 Å². The Balaban J connectivity index is 1.76. The van der Waals surface area contributed by atoms with Crippen LogP contribution in [0.3, 0.4) is 0 Å². The van der Waals surface area contributed by atoms with Gasteiger partial charge in [-0.2, -0.15) is 9.78 Å². The lowest BCUT2D eigenvalue weighted by atomic mass is 9.95. The SMILES string of the molecule is Cc1ccccc1NC(=O)COc1c(C=Nn2c(C(C)(C)C)nc3ccc(Br)cc3c2=O)cc(Cl)cc1[N+](=O)[O-]. The summed E-state index contributed by atoms with van der Waals surface area (Å²) in [7, 11) is 0. The van der Waals surface area contributed by atoms with Gasteiger partial charge in [0.1, 0.15) is 5.82 Å². The third-order valence-corrected chi connectivity index (χ3v) is 6.53. The standard InChI is InChI=1S/C28H25BrClN5O5/c1-16-7-5-6-8-21(16)32-24(36)15-40-25-17(11-19(30)13-23(25)35(38)39)14-31-34-26(37)20-12-18(29)9-10-22(20)33-27(34)28(2,3)4/h5-14H,15H2,1-4H3,(H,32,36). The van der Waals surface area contributed by atoms with Gasteiger partial charge >= 0.3 is 5.69 Å². The fourth-order valence-electron chi connectivity index (χ4n) is 3.89. The van der Waals surface area contributed by atoms with Crippen LogP contribution in [0.2, 0.25) is 5.02 Å². The van der Waals surface area contributed by atoms with Crippen LogP contribution in [0.15, 0.2) is 69.0 Å². The van der Waals surface area contributed by atoms with Gasteiger partial charge in [-0.25, -0.2) is 4.98 Å². The van der Waals surface area contributed by atoms with Gasteiger partial charge in [-0.3, -0.25) is 19.7 Å². The van der Waals surface area contributed by atoms with Crippen molar-refractivity contribution >= 4 is 61.9 Å². The minimum Gasteiger partial charge on any atom is -0.476 e. The van der Waals surface area contributed by atoms with E-state index in [9.17, 15) is 19.7 Å². The highest BCUT2D eigenvalue weighted by atomic mass is 79.9. The Morgan fingerprint density at radius 1 is 1.23 bits per heavy atom. The maximum atomic E-state index is 13.5. The molecule has 0 fully saturated rings. The van der Waals surface area contributed by atoms with Crippen molar-refractivity contribution in [3.05, 3.63) is 102 Å². The predicted molar refractivity (Wildman–Crippen MR) is 159 cm³/mol. The molecule has 0 bridgehead atoms. The van der Waals surface area contributed by atoms with Crippen LogP contribution in [-0.4, -0.2) is 33.3 Å². The molecule has 1 amide bonds. The smallest absolute Gasteiger partial charge is 0.313 e. The van der Waals surface area contributed by atoms with E-state index in [2.05, 4.69) is 31.3 Å². The summed E-state index contributed by atoms with van der Waals surface area (Å²) in [5, 5.41) is 19.3. The third kappa shape index (κ3) is 6.37. The molecule has 0 atom stereocenters. The maximum Gasteiger partial charge on any atom is 0.313 e. The molecule has 0 spiro atoms. The van der Waals surface area contributed by atoms with Gasteiger partial charge in [-0.15, -0.1) is 0 Å². The van der Waals surface area contributed by atoms with E-state index in [1.165, 1.54) is 12.3 Å². The van der Waals surface area contributed by atoms with Crippen molar-refractivity contribution in [1.29, 1.82) is 0 Å². The minimum absolute atomic E-state index is 0.0498. The van der Waals surface area contributed by atoms with Crippen LogP contribution in [0.1, 0.15) is 37.7 Å². The first-order valence-corrected chi connectivity index (χ1v) is 13.3. The zero-order valence-corrected chi connectivity index (χ0v) is 24.4. The van der Waals surface area contributed by atoms with E-state index in [0.29, 0.717) is 26.9 Å². The molecule has 1 aromatic heterocycles. The Morgan fingerprint density at radius 3 is 2.62 bits per heavy atom. The first kappa shape index (κ1) is 28.9. The molecule has 0 saturated heterocycles. The lowest BCUT2D eigenvalue weighted by Gasteiger charge is -2.21. The van der Waals surface area contributed by atoms with Gasteiger partial charge in [-0.05, 0) is 42.8 Å². The van der Waals surface area contributed by atoms with E-state index in [4.69, 9.17) is 16.3 Å². The highest BCUT2D eigenvalue weighted by Crippen LogP contribution is 2.34. The lowest BCUT2D eigenvalue weighted by Crippen LogP contribution is -2.29. The molecule has 40 heavy (non-hydrogen) atoms. The Labute approximate surface area is 242 Å². The van der Waals surface area contributed by atoms with E-state index in [0.717, 1.165) is 16.3 Å². The Kier molecular flexibility index (Phi) is 8.36. The van der Waals surface area contributed by atoms with Gasteiger partial charge in [0, 0.05) is 32.2 Å². The number of nitrogens with one attached hydrogen (secondary N) is 1. The number of carbonyl (C=O) groups excluding carboxylic acids is 1. The Morgan fingerprint density at radius 2 is 1.95 bits per heavy atom. The molecule has 0 radical (unpaired) electrons. The topological polar surface area (TPSA) is 129 Å². The molecule has 12 heteroatoms. The molecule has 0 aliphatic heterocycles. The largest absolute Gasteiger partial charge is 0.476 e. The summed E-state index contributed by atoms with van der Waals surface area (Å²) < 4.78 is 7.49. The summed E-state index contributed by atoms with van der Waals surface area (Å²) in [6.07, 6.45) is 1.23. The summed E-state index contributed by atoms with van der Waals surface area (Å²) in [6.45, 7) is 6.98. The lowest BCUT2D eigenvalue weighted by molar-refractivity contribution is -0.385. The fraction of sp³-hybridized carbons (Fsp3) is 0.214. The van der Waals surface area contributed by atoms with Crippen molar-refractivity contribution in [2.75, 3.05) is 11.9 Å². The highest BCUT2D eigenvalue weighted by molar-refractivity contribution is 9.10. The zero-order chi connectivity index (χ0) is 29.2. The summed E-state index contributed by atoms with van der Waals surface area (Å²) in [5.41, 5.74) is 0.581. The van der Waals surface area contributed by atoms with Gasteiger partial charge in [0.15, 0.2) is 6.61 Å².